The number of nitrogens with one attached hydrogen (secondary N) is 1. The Morgan fingerprint density at radius 1 is 1.44 bits per heavy atom. The Kier molecular flexibility index (Phi) is 2.12. The molecule has 1 N–H and O–H groups in total. The lowest BCUT2D eigenvalue weighted by Crippen LogP contribution is -2.50. The summed E-state index contributed by atoms with van der Waals surface area (Å²) in [6.45, 7) is 1.07. The van der Waals surface area contributed by atoms with E-state index in [1.54, 1.807) is 0 Å². The maximum absolute atomic E-state index is 12.2. The SMILES string of the molecule is O=C1NCCN1C(=O)N1C2C=CCC1CC2. The molecule has 4 amide bonds. The summed E-state index contributed by atoms with van der Waals surface area (Å²) in [5, 5.41) is 2.66. The van der Waals surface area contributed by atoms with Gasteiger partial charge >= 0.3 is 12.1 Å². The van der Waals surface area contributed by atoms with Gasteiger partial charge in [-0.3, -0.25) is 0 Å². The highest BCUT2D eigenvalue weighted by atomic mass is 16.2. The molecular formula is C11H15N3O2. The number of hydrogen-bond acceptors (Lipinski definition) is 2. The molecule has 0 aromatic carbocycles. The summed E-state index contributed by atoms with van der Waals surface area (Å²) in [4.78, 5) is 26.9. The molecule has 0 aromatic heterocycles. The molecule has 16 heavy (non-hydrogen) atoms. The average molecular weight is 221 g/mol. The van der Waals surface area contributed by atoms with Crippen LogP contribution >= 0.6 is 0 Å². The summed E-state index contributed by atoms with van der Waals surface area (Å²) in [5.74, 6) is 0. The number of imide groups is 1. The first-order valence-electron chi connectivity index (χ1n) is 5.81. The lowest BCUT2D eigenvalue weighted by atomic mass is 10.1. The molecule has 0 saturated carbocycles. The number of carbonyl (C=O) groups is 2. The number of fused-ring (bicyclic) bond motifs is 2. The van der Waals surface area contributed by atoms with Crippen LogP contribution in [0.5, 0.6) is 0 Å². The minimum atomic E-state index is -0.251. The van der Waals surface area contributed by atoms with Gasteiger partial charge in [0.05, 0.1) is 6.04 Å². The fraction of sp³-hybridized carbons (Fsp3) is 0.636. The van der Waals surface area contributed by atoms with E-state index in [4.69, 9.17) is 0 Å². The zero-order valence-corrected chi connectivity index (χ0v) is 9.06. The van der Waals surface area contributed by atoms with Crippen molar-refractivity contribution in [3.8, 4) is 0 Å². The Morgan fingerprint density at radius 3 is 3.00 bits per heavy atom. The highest BCUT2D eigenvalue weighted by Crippen LogP contribution is 2.32. The summed E-state index contributed by atoms with van der Waals surface area (Å²) in [7, 11) is 0. The van der Waals surface area contributed by atoms with E-state index in [2.05, 4.69) is 17.5 Å². The molecule has 3 rings (SSSR count). The van der Waals surface area contributed by atoms with Gasteiger partial charge in [0.15, 0.2) is 0 Å². The van der Waals surface area contributed by atoms with E-state index in [1.165, 1.54) is 4.90 Å². The van der Waals surface area contributed by atoms with Gasteiger partial charge in [-0.1, -0.05) is 12.2 Å². The maximum Gasteiger partial charge on any atom is 0.328 e. The van der Waals surface area contributed by atoms with E-state index >= 15 is 0 Å². The minimum Gasteiger partial charge on any atom is -0.336 e. The summed E-state index contributed by atoms with van der Waals surface area (Å²) >= 11 is 0. The Bertz CT molecular complexity index is 366. The maximum atomic E-state index is 12.2. The van der Waals surface area contributed by atoms with Crippen molar-refractivity contribution in [1.82, 2.24) is 15.1 Å². The van der Waals surface area contributed by atoms with Crippen molar-refractivity contribution < 1.29 is 9.59 Å². The van der Waals surface area contributed by atoms with Crippen LogP contribution in [-0.2, 0) is 0 Å². The van der Waals surface area contributed by atoms with Crippen LogP contribution in [0.15, 0.2) is 12.2 Å². The topological polar surface area (TPSA) is 52.7 Å². The molecule has 2 unspecified atom stereocenters. The van der Waals surface area contributed by atoms with Crippen LogP contribution in [0.3, 0.4) is 0 Å². The largest absolute Gasteiger partial charge is 0.336 e. The second-order valence-electron chi connectivity index (χ2n) is 4.54. The predicted molar refractivity (Wildman–Crippen MR) is 57.9 cm³/mol. The second kappa shape index (κ2) is 3.50. The zero-order chi connectivity index (χ0) is 11.1. The summed E-state index contributed by atoms with van der Waals surface area (Å²) < 4.78 is 0. The van der Waals surface area contributed by atoms with Crippen molar-refractivity contribution in [2.45, 2.75) is 31.3 Å². The van der Waals surface area contributed by atoms with Gasteiger partial charge in [0.25, 0.3) is 0 Å². The number of carbonyl (C=O) groups excluding carboxylic acids is 2. The first-order valence-corrected chi connectivity index (χ1v) is 5.81. The van der Waals surface area contributed by atoms with Crippen LogP contribution in [0.1, 0.15) is 19.3 Å². The van der Waals surface area contributed by atoms with Crippen molar-refractivity contribution in [2.24, 2.45) is 0 Å². The third-order valence-electron chi connectivity index (χ3n) is 3.62. The molecular weight excluding hydrogens is 206 g/mol. The molecule has 5 heteroatoms. The highest BCUT2D eigenvalue weighted by Gasteiger charge is 2.41. The molecule has 0 aromatic rings. The van der Waals surface area contributed by atoms with Crippen LogP contribution in [0.2, 0.25) is 0 Å². The van der Waals surface area contributed by atoms with Gasteiger partial charge in [-0.25, -0.2) is 14.5 Å². The molecule has 2 fully saturated rings. The quantitative estimate of drug-likeness (QED) is 0.618. The molecule has 3 aliphatic heterocycles. The summed E-state index contributed by atoms with van der Waals surface area (Å²) in [6, 6.07) is 0.140. The molecule has 2 saturated heterocycles. The first-order chi connectivity index (χ1) is 7.77. The van der Waals surface area contributed by atoms with E-state index in [1.807, 2.05) is 4.90 Å². The van der Waals surface area contributed by atoms with Crippen LogP contribution < -0.4 is 5.32 Å². The van der Waals surface area contributed by atoms with Crippen molar-refractivity contribution in [1.29, 1.82) is 0 Å². The third-order valence-corrected chi connectivity index (χ3v) is 3.62. The molecule has 3 aliphatic rings. The van der Waals surface area contributed by atoms with Gasteiger partial charge in [-0.15, -0.1) is 0 Å². The number of nitrogens with zero attached hydrogens (tertiary/aromatic N) is 2. The Balaban J connectivity index is 1.80. The third kappa shape index (κ3) is 1.31. The van der Waals surface area contributed by atoms with E-state index < -0.39 is 0 Å². The van der Waals surface area contributed by atoms with Crippen molar-refractivity contribution >= 4 is 12.1 Å². The molecule has 0 radical (unpaired) electrons. The van der Waals surface area contributed by atoms with E-state index in [9.17, 15) is 9.59 Å². The fourth-order valence-electron chi connectivity index (χ4n) is 2.82. The fourth-order valence-corrected chi connectivity index (χ4v) is 2.82. The summed E-state index contributed by atoms with van der Waals surface area (Å²) in [6.07, 6.45) is 7.25. The monoisotopic (exact) mass is 221 g/mol. The lowest BCUT2D eigenvalue weighted by molar-refractivity contribution is 0.148. The molecule has 0 aliphatic carbocycles. The van der Waals surface area contributed by atoms with Crippen LogP contribution in [0.4, 0.5) is 9.59 Å². The molecule has 5 nitrogen and oxygen atoms in total. The molecule has 2 bridgehead atoms. The van der Waals surface area contributed by atoms with Gasteiger partial charge in [0, 0.05) is 19.1 Å². The molecule has 86 valence electrons. The van der Waals surface area contributed by atoms with Crippen LogP contribution in [0, 0.1) is 0 Å². The van der Waals surface area contributed by atoms with Crippen molar-refractivity contribution in [2.75, 3.05) is 13.1 Å². The van der Waals surface area contributed by atoms with E-state index in [0.29, 0.717) is 19.1 Å². The number of rotatable bonds is 0. The van der Waals surface area contributed by atoms with Gasteiger partial charge < -0.3 is 10.2 Å². The number of urea groups is 2. The van der Waals surface area contributed by atoms with Gasteiger partial charge in [0.1, 0.15) is 0 Å². The Hall–Kier alpha value is -1.52. The summed E-state index contributed by atoms with van der Waals surface area (Å²) in [5.41, 5.74) is 0. The smallest absolute Gasteiger partial charge is 0.328 e. The van der Waals surface area contributed by atoms with Crippen molar-refractivity contribution in [3.05, 3.63) is 12.2 Å². The molecule has 2 atom stereocenters. The van der Waals surface area contributed by atoms with Crippen LogP contribution in [0.25, 0.3) is 0 Å². The number of hydrogen-bond donors (Lipinski definition) is 1. The molecule has 0 spiro atoms. The standard InChI is InChI=1S/C11H15N3O2/c15-10-12-6-7-13(10)11(16)14-8-2-1-3-9(14)5-4-8/h1-2,8-9H,3-7H2,(H,12,15). The number of amides is 4. The molecule has 3 heterocycles. The zero-order valence-electron chi connectivity index (χ0n) is 9.06. The lowest BCUT2D eigenvalue weighted by Gasteiger charge is -2.33. The first kappa shape index (κ1) is 9.69. The predicted octanol–water partition coefficient (Wildman–Crippen LogP) is 0.925. The van der Waals surface area contributed by atoms with Crippen LogP contribution in [-0.4, -0.2) is 47.0 Å². The normalized spacial score (nSPS) is 32.1. The van der Waals surface area contributed by atoms with Crippen molar-refractivity contribution in [3.63, 3.8) is 0 Å². The van der Waals surface area contributed by atoms with Gasteiger partial charge in [-0.05, 0) is 19.3 Å². The average Bonchev–Trinajstić information content (AvgIpc) is 2.80. The van der Waals surface area contributed by atoms with Gasteiger partial charge in [0.2, 0.25) is 0 Å². The van der Waals surface area contributed by atoms with E-state index in [0.717, 1.165) is 19.3 Å². The second-order valence-corrected chi connectivity index (χ2v) is 4.54. The minimum absolute atomic E-state index is 0.119. The van der Waals surface area contributed by atoms with E-state index in [-0.39, 0.29) is 18.1 Å². The highest BCUT2D eigenvalue weighted by molar-refractivity contribution is 5.95. The Labute approximate surface area is 94.1 Å². The van der Waals surface area contributed by atoms with Gasteiger partial charge in [-0.2, -0.15) is 0 Å². The Morgan fingerprint density at radius 2 is 2.31 bits per heavy atom.